The molecule has 16 heavy (non-hydrogen) atoms. The van der Waals surface area contributed by atoms with E-state index in [1.54, 1.807) is 4.90 Å². The van der Waals surface area contributed by atoms with Crippen LogP contribution in [-0.2, 0) is 17.7 Å². The van der Waals surface area contributed by atoms with Crippen molar-refractivity contribution in [3.05, 3.63) is 29.3 Å². The maximum Gasteiger partial charge on any atom is 0.410 e. The molecule has 0 saturated carbocycles. The van der Waals surface area contributed by atoms with Crippen LogP contribution in [0.2, 0.25) is 0 Å². The Morgan fingerprint density at radius 1 is 1.50 bits per heavy atom. The van der Waals surface area contributed by atoms with E-state index < -0.39 is 0 Å². The summed E-state index contributed by atoms with van der Waals surface area (Å²) in [6, 6.07) is 6.06. The molecule has 0 aromatic heterocycles. The molecule has 3 nitrogen and oxygen atoms in total. The molecule has 1 aliphatic heterocycles. The van der Waals surface area contributed by atoms with E-state index in [4.69, 9.17) is 4.74 Å². The Morgan fingerprint density at radius 2 is 2.31 bits per heavy atom. The maximum atomic E-state index is 11.6. The molecular formula is C12H15NO2S. The van der Waals surface area contributed by atoms with E-state index in [1.165, 1.54) is 11.1 Å². The molecule has 0 spiro atoms. The summed E-state index contributed by atoms with van der Waals surface area (Å²) in [5.74, 6) is 0. The standard InChI is InChI=1S/C12H15NO2S/c1-2-15-12(14)13-6-5-9-7-11(16)4-3-10(9)8-13/h3-4,7,16H,2,5-6,8H2,1H3. The second-order valence-corrected chi connectivity index (χ2v) is 4.34. The highest BCUT2D eigenvalue weighted by atomic mass is 32.1. The van der Waals surface area contributed by atoms with Crippen LogP contribution in [0.15, 0.2) is 23.1 Å². The maximum absolute atomic E-state index is 11.6. The molecule has 4 heteroatoms. The summed E-state index contributed by atoms with van der Waals surface area (Å²) in [4.78, 5) is 14.3. The number of ether oxygens (including phenoxy) is 1. The van der Waals surface area contributed by atoms with Gasteiger partial charge in [0.25, 0.3) is 0 Å². The number of fused-ring (bicyclic) bond motifs is 1. The Balaban J connectivity index is 2.12. The first kappa shape index (κ1) is 11.3. The molecule has 86 valence electrons. The minimum atomic E-state index is -0.219. The van der Waals surface area contributed by atoms with Crippen molar-refractivity contribution in [1.29, 1.82) is 0 Å². The van der Waals surface area contributed by atoms with Crippen molar-refractivity contribution >= 4 is 18.7 Å². The van der Waals surface area contributed by atoms with Crippen molar-refractivity contribution < 1.29 is 9.53 Å². The molecule has 0 radical (unpaired) electrons. The van der Waals surface area contributed by atoms with Gasteiger partial charge < -0.3 is 9.64 Å². The summed E-state index contributed by atoms with van der Waals surface area (Å²) in [5.41, 5.74) is 2.48. The van der Waals surface area contributed by atoms with Gasteiger partial charge in [0.15, 0.2) is 0 Å². The largest absolute Gasteiger partial charge is 0.450 e. The fourth-order valence-corrected chi connectivity index (χ4v) is 2.14. The molecule has 1 aromatic rings. The molecule has 0 fully saturated rings. The van der Waals surface area contributed by atoms with Crippen molar-refractivity contribution in [2.45, 2.75) is 24.8 Å². The first-order valence-corrected chi connectivity index (χ1v) is 5.88. The Bertz CT molecular complexity index is 406. The van der Waals surface area contributed by atoms with Crippen LogP contribution >= 0.6 is 12.6 Å². The number of amides is 1. The summed E-state index contributed by atoms with van der Waals surface area (Å²) >= 11 is 4.31. The Morgan fingerprint density at radius 3 is 3.06 bits per heavy atom. The molecule has 0 atom stereocenters. The first-order valence-electron chi connectivity index (χ1n) is 5.43. The van der Waals surface area contributed by atoms with Gasteiger partial charge in [-0.25, -0.2) is 4.79 Å². The zero-order valence-electron chi connectivity index (χ0n) is 9.27. The highest BCUT2D eigenvalue weighted by Gasteiger charge is 2.21. The normalized spacial score (nSPS) is 14.5. The van der Waals surface area contributed by atoms with Crippen molar-refractivity contribution in [1.82, 2.24) is 4.90 Å². The summed E-state index contributed by atoms with van der Waals surface area (Å²) in [7, 11) is 0. The summed E-state index contributed by atoms with van der Waals surface area (Å²) in [5, 5.41) is 0. The molecule has 1 aromatic carbocycles. The van der Waals surface area contributed by atoms with Gasteiger partial charge in [0.2, 0.25) is 0 Å². The van der Waals surface area contributed by atoms with Crippen molar-refractivity contribution in [2.75, 3.05) is 13.2 Å². The number of benzene rings is 1. The minimum absolute atomic E-state index is 0.219. The van der Waals surface area contributed by atoms with E-state index in [9.17, 15) is 4.79 Å². The van der Waals surface area contributed by atoms with Crippen LogP contribution in [0.4, 0.5) is 4.79 Å². The van der Waals surface area contributed by atoms with Crippen molar-refractivity contribution in [3.63, 3.8) is 0 Å². The van der Waals surface area contributed by atoms with Crippen LogP contribution in [0.25, 0.3) is 0 Å². The molecule has 1 heterocycles. The fraction of sp³-hybridized carbons (Fsp3) is 0.417. The van der Waals surface area contributed by atoms with Crippen LogP contribution in [0.5, 0.6) is 0 Å². The van der Waals surface area contributed by atoms with Crippen LogP contribution in [0.3, 0.4) is 0 Å². The highest BCUT2D eigenvalue weighted by Crippen LogP contribution is 2.22. The van der Waals surface area contributed by atoms with Gasteiger partial charge in [-0.2, -0.15) is 0 Å². The third kappa shape index (κ3) is 2.32. The first-order chi connectivity index (χ1) is 7.70. The van der Waals surface area contributed by atoms with Gasteiger partial charge in [-0.1, -0.05) is 6.07 Å². The van der Waals surface area contributed by atoms with Crippen LogP contribution in [0, 0.1) is 0 Å². The predicted octanol–water partition coefficient (Wildman–Crippen LogP) is 2.49. The van der Waals surface area contributed by atoms with Gasteiger partial charge in [-0.15, -0.1) is 12.6 Å². The lowest BCUT2D eigenvalue weighted by Gasteiger charge is -2.28. The average Bonchev–Trinajstić information content (AvgIpc) is 2.28. The topological polar surface area (TPSA) is 29.5 Å². The Kier molecular flexibility index (Phi) is 3.39. The van der Waals surface area contributed by atoms with Crippen LogP contribution in [-0.4, -0.2) is 24.1 Å². The second-order valence-electron chi connectivity index (χ2n) is 3.82. The number of carbonyl (C=O) groups is 1. The second kappa shape index (κ2) is 4.78. The molecule has 0 bridgehead atoms. The van der Waals surface area contributed by atoms with Gasteiger partial charge in [0.1, 0.15) is 0 Å². The Hall–Kier alpha value is -1.16. The molecule has 1 amide bonds. The minimum Gasteiger partial charge on any atom is -0.450 e. The lowest BCUT2D eigenvalue weighted by molar-refractivity contribution is 0.102. The number of hydrogen-bond acceptors (Lipinski definition) is 3. The van der Waals surface area contributed by atoms with Gasteiger partial charge in [-0.05, 0) is 36.6 Å². The quantitative estimate of drug-likeness (QED) is 0.760. The van der Waals surface area contributed by atoms with Gasteiger partial charge in [0.05, 0.1) is 6.61 Å². The smallest absolute Gasteiger partial charge is 0.410 e. The van der Waals surface area contributed by atoms with Gasteiger partial charge in [0, 0.05) is 18.0 Å². The summed E-state index contributed by atoms with van der Waals surface area (Å²) < 4.78 is 4.99. The van der Waals surface area contributed by atoms with Gasteiger partial charge >= 0.3 is 6.09 Å². The monoisotopic (exact) mass is 237 g/mol. The molecule has 1 aliphatic rings. The van der Waals surface area contributed by atoms with E-state index in [0.29, 0.717) is 13.2 Å². The Labute approximate surface area is 101 Å². The zero-order valence-corrected chi connectivity index (χ0v) is 10.2. The number of hydrogen-bond donors (Lipinski definition) is 1. The molecular weight excluding hydrogens is 222 g/mol. The van der Waals surface area contributed by atoms with E-state index >= 15 is 0 Å². The van der Waals surface area contributed by atoms with Gasteiger partial charge in [-0.3, -0.25) is 0 Å². The average molecular weight is 237 g/mol. The van der Waals surface area contributed by atoms with Crippen molar-refractivity contribution in [3.8, 4) is 0 Å². The lowest BCUT2D eigenvalue weighted by atomic mass is 10.0. The third-order valence-electron chi connectivity index (χ3n) is 2.73. The molecule has 2 rings (SSSR count). The summed E-state index contributed by atoms with van der Waals surface area (Å²) in [6.45, 7) is 3.62. The van der Waals surface area contributed by atoms with Crippen LogP contribution in [0.1, 0.15) is 18.1 Å². The van der Waals surface area contributed by atoms with E-state index in [0.717, 1.165) is 17.9 Å². The number of thiol groups is 1. The summed E-state index contributed by atoms with van der Waals surface area (Å²) in [6.07, 6.45) is 0.658. The number of carbonyl (C=O) groups excluding carboxylic acids is 1. The predicted molar refractivity (Wildman–Crippen MR) is 64.8 cm³/mol. The fourth-order valence-electron chi connectivity index (χ4n) is 1.91. The van der Waals surface area contributed by atoms with Crippen LogP contribution < -0.4 is 0 Å². The third-order valence-corrected chi connectivity index (χ3v) is 3.01. The number of rotatable bonds is 1. The van der Waals surface area contributed by atoms with Crippen molar-refractivity contribution in [2.24, 2.45) is 0 Å². The number of nitrogens with zero attached hydrogens (tertiary/aromatic N) is 1. The van der Waals surface area contributed by atoms with E-state index in [1.807, 2.05) is 19.1 Å². The SMILES string of the molecule is CCOC(=O)N1CCc2cc(S)ccc2C1. The lowest BCUT2D eigenvalue weighted by Crippen LogP contribution is -2.36. The molecule has 0 N–H and O–H groups in total. The highest BCUT2D eigenvalue weighted by molar-refractivity contribution is 7.80. The van der Waals surface area contributed by atoms with E-state index in [-0.39, 0.29) is 6.09 Å². The molecule has 0 aliphatic carbocycles. The molecule has 0 saturated heterocycles. The molecule has 0 unspecified atom stereocenters. The van der Waals surface area contributed by atoms with E-state index in [2.05, 4.69) is 18.7 Å². The zero-order chi connectivity index (χ0) is 11.5.